The minimum Gasteiger partial charge on any atom is -0.354 e. The molecule has 4 nitrogen and oxygen atoms in total. The van der Waals surface area contributed by atoms with E-state index in [2.05, 4.69) is 329 Å². The fourth-order valence-electron chi connectivity index (χ4n) is 16.5. The number of allylic oxidation sites excluding steroid dienone is 4. The molecule has 22 rings (SSSR count). The minimum absolute atomic E-state index is 0.262. The summed E-state index contributed by atoms with van der Waals surface area (Å²) in [6, 6.07) is 97.6. The SMILES string of the molecule is C1=CC2c3cc(-n4c5ccccc5c5c6c7ccc8ccccc8c7sc6c6ccccc6c54)ccc3N(c3ccccc3)C2C=C1.Clc1ccc2c(c1)C1C=CC=CC1N2c1ccccc1.c1ccc2c(c1)ccc1c2sc2c3ccccc3c3[nH]c4ccccc4c3c12. The van der Waals surface area contributed by atoms with Gasteiger partial charge in [-0.25, -0.2) is 0 Å². The van der Waals surface area contributed by atoms with E-state index in [4.69, 9.17) is 11.6 Å². The summed E-state index contributed by atoms with van der Waals surface area (Å²) in [7, 11) is 0. The third kappa shape index (κ3) is 8.25. The van der Waals surface area contributed by atoms with Crippen molar-refractivity contribution in [3.05, 3.63) is 332 Å². The van der Waals surface area contributed by atoms with Crippen molar-refractivity contribution in [3.8, 4) is 5.69 Å². The highest BCUT2D eigenvalue weighted by Crippen LogP contribution is 2.54. The van der Waals surface area contributed by atoms with Gasteiger partial charge in [0.1, 0.15) is 0 Å². The van der Waals surface area contributed by atoms with Gasteiger partial charge in [-0.1, -0.05) is 254 Å². The zero-order valence-electron chi connectivity index (χ0n) is 51.4. The second-order valence-electron chi connectivity index (χ2n) is 25.5. The van der Waals surface area contributed by atoms with Crippen LogP contribution in [0.3, 0.4) is 0 Å². The predicted molar refractivity (Wildman–Crippen MR) is 411 cm³/mol. The molecule has 1 N–H and O–H groups in total. The monoisotopic (exact) mass is 1270 g/mol. The Balaban J connectivity index is 0.000000109. The molecule has 0 amide bonds. The zero-order chi connectivity index (χ0) is 62.4. The van der Waals surface area contributed by atoms with E-state index < -0.39 is 0 Å². The first-order valence-corrected chi connectivity index (χ1v) is 34.8. The molecule has 6 heterocycles. The van der Waals surface area contributed by atoms with E-state index in [0.717, 1.165) is 5.02 Å². The molecule has 2 aliphatic heterocycles. The molecular formula is C88H57ClN4S2. The standard InChI is InChI=1S/C44H28N2S.C26H15NS.C18H14ClN/c1-2-13-28(14-3-1)45-37-20-10-8-16-31(37)36-26-29(23-25-39(36)45)46-38-21-11-9-19-34(38)40-41-35-24-22-27-12-4-5-15-30(27)43(35)47-44(41)33-18-7-6-17-32(33)42(40)46;1-2-8-16-15(7-1)13-14-20-23-22-19-11-5-6-12-21(19)27-24(22)17-9-3-4-10-18(17)26(23)28-25(16)20;19-13-10-11-18-16(12-13)15-8-4-5-9-17(15)20(18)14-6-2-1-3-7-14/h1-26,31,37H;1-14,27H;1-12,15,17H. The van der Waals surface area contributed by atoms with Gasteiger partial charge >= 0.3 is 0 Å². The Labute approximate surface area is 560 Å². The van der Waals surface area contributed by atoms with Crippen molar-refractivity contribution in [2.45, 2.75) is 23.9 Å². The Kier molecular flexibility index (Phi) is 12.4. The van der Waals surface area contributed by atoms with Crippen LogP contribution in [0.2, 0.25) is 5.02 Å². The lowest BCUT2D eigenvalue weighted by atomic mass is 9.91. The smallest absolute Gasteiger partial charge is 0.0629 e. The molecule has 0 radical (unpaired) electrons. The zero-order valence-corrected chi connectivity index (χ0v) is 53.8. The quantitative estimate of drug-likeness (QED) is 0.191. The summed E-state index contributed by atoms with van der Waals surface area (Å²) in [5.41, 5.74) is 13.9. The third-order valence-corrected chi connectivity index (χ3v) is 23.3. The number of aromatic amines is 1. The van der Waals surface area contributed by atoms with Gasteiger partial charge in [-0.3, -0.25) is 0 Å². The topological polar surface area (TPSA) is 27.2 Å². The maximum absolute atomic E-state index is 6.19. The number of thiophene rings is 2. The molecule has 4 aliphatic rings. The van der Waals surface area contributed by atoms with Gasteiger partial charge in [0.2, 0.25) is 0 Å². The molecule has 0 fully saturated rings. The number of para-hydroxylation sites is 4. The third-order valence-electron chi connectivity index (χ3n) is 20.5. The van der Waals surface area contributed by atoms with Crippen LogP contribution in [0.4, 0.5) is 22.7 Å². The van der Waals surface area contributed by atoms with Crippen LogP contribution in [0.15, 0.2) is 316 Å². The average molecular weight is 1270 g/mol. The highest BCUT2D eigenvalue weighted by atomic mass is 35.5. The van der Waals surface area contributed by atoms with Crippen LogP contribution >= 0.6 is 34.3 Å². The summed E-state index contributed by atoms with van der Waals surface area (Å²) in [5, 5.41) is 22.1. The van der Waals surface area contributed by atoms with Crippen molar-refractivity contribution in [2.24, 2.45) is 0 Å². The highest BCUT2D eigenvalue weighted by molar-refractivity contribution is 7.28. The molecule has 2 aliphatic carbocycles. The first kappa shape index (κ1) is 54.6. The van der Waals surface area contributed by atoms with Gasteiger partial charge in [0.25, 0.3) is 0 Å². The summed E-state index contributed by atoms with van der Waals surface area (Å²) in [5.74, 6) is 0.676. The van der Waals surface area contributed by atoms with Crippen LogP contribution in [0, 0.1) is 0 Å². The Hall–Kier alpha value is -11.0. The van der Waals surface area contributed by atoms with Crippen molar-refractivity contribution in [1.29, 1.82) is 0 Å². The van der Waals surface area contributed by atoms with Crippen LogP contribution in [0.5, 0.6) is 0 Å². The first-order valence-electron chi connectivity index (χ1n) is 32.7. The minimum atomic E-state index is 0.262. The van der Waals surface area contributed by atoms with E-state index in [0.29, 0.717) is 17.9 Å². The van der Waals surface area contributed by atoms with Crippen molar-refractivity contribution < 1.29 is 0 Å². The molecule has 4 aromatic heterocycles. The summed E-state index contributed by atoms with van der Waals surface area (Å²) >= 11 is 10.1. The van der Waals surface area contributed by atoms with Crippen LogP contribution in [0.1, 0.15) is 23.0 Å². The molecule has 448 valence electrons. The van der Waals surface area contributed by atoms with E-state index in [-0.39, 0.29) is 6.04 Å². The largest absolute Gasteiger partial charge is 0.354 e. The van der Waals surface area contributed by atoms with Gasteiger partial charge in [-0.05, 0) is 105 Å². The Bertz CT molecular complexity index is 6360. The number of nitrogens with zero attached hydrogens (tertiary/aromatic N) is 3. The summed E-state index contributed by atoms with van der Waals surface area (Å²) in [6.45, 7) is 0. The van der Waals surface area contributed by atoms with E-state index in [1.165, 1.54) is 167 Å². The number of halogens is 1. The number of hydrogen-bond acceptors (Lipinski definition) is 4. The lowest BCUT2D eigenvalue weighted by Crippen LogP contribution is -2.28. The second-order valence-corrected chi connectivity index (χ2v) is 27.9. The predicted octanol–water partition coefficient (Wildman–Crippen LogP) is 25.3. The number of aromatic nitrogens is 2. The Morgan fingerprint density at radius 3 is 1.42 bits per heavy atom. The number of anilines is 4. The molecule has 95 heavy (non-hydrogen) atoms. The highest BCUT2D eigenvalue weighted by Gasteiger charge is 2.39. The summed E-state index contributed by atoms with van der Waals surface area (Å²) in [6.07, 6.45) is 17.9. The fraction of sp³-hybridized carbons (Fsp3) is 0.0455. The van der Waals surface area contributed by atoms with E-state index >= 15 is 0 Å². The maximum Gasteiger partial charge on any atom is 0.0629 e. The number of nitrogens with one attached hydrogen (secondary N) is 1. The van der Waals surface area contributed by atoms with Gasteiger partial charge in [0, 0.05) is 134 Å². The van der Waals surface area contributed by atoms with Crippen molar-refractivity contribution in [1.82, 2.24) is 9.55 Å². The fourth-order valence-corrected chi connectivity index (χ4v) is 19.4. The molecule has 4 unspecified atom stereocenters. The lowest BCUT2D eigenvalue weighted by Gasteiger charge is -2.28. The van der Waals surface area contributed by atoms with Crippen LogP contribution in [-0.4, -0.2) is 21.6 Å². The molecule has 7 heteroatoms. The number of H-pyrrole nitrogens is 1. The summed E-state index contributed by atoms with van der Waals surface area (Å²) < 4.78 is 8.06. The van der Waals surface area contributed by atoms with Gasteiger partial charge in [0.15, 0.2) is 0 Å². The molecule has 0 bridgehead atoms. The number of benzene rings is 14. The Morgan fingerprint density at radius 2 is 0.800 bits per heavy atom. The summed E-state index contributed by atoms with van der Waals surface area (Å²) in [4.78, 5) is 8.62. The molecule has 4 atom stereocenters. The lowest BCUT2D eigenvalue weighted by molar-refractivity contribution is 0.744. The number of fused-ring (bicyclic) bond motifs is 30. The maximum atomic E-state index is 6.19. The van der Waals surface area contributed by atoms with E-state index in [1.54, 1.807) is 0 Å². The van der Waals surface area contributed by atoms with Crippen LogP contribution < -0.4 is 9.80 Å². The molecule has 0 saturated carbocycles. The molecule has 0 spiro atoms. The average Bonchev–Trinajstić information content (AvgIpc) is 1.50. The van der Waals surface area contributed by atoms with E-state index in [9.17, 15) is 0 Å². The molecule has 0 saturated heterocycles. The van der Waals surface area contributed by atoms with Gasteiger partial charge in [-0.2, -0.15) is 0 Å². The first-order chi connectivity index (χ1) is 47.1. The number of hydrogen-bond donors (Lipinski definition) is 1. The van der Waals surface area contributed by atoms with Crippen molar-refractivity contribution in [3.63, 3.8) is 0 Å². The Morgan fingerprint density at radius 1 is 0.326 bits per heavy atom. The van der Waals surface area contributed by atoms with Crippen molar-refractivity contribution >= 4 is 184 Å². The number of rotatable bonds is 3. The van der Waals surface area contributed by atoms with Crippen LogP contribution in [0.25, 0.3) is 133 Å². The van der Waals surface area contributed by atoms with Gasteiger partial charge in [-0.15, -0.1) is 22.7 Å². The van der Waals surface area contributed by atoms with Crippen molar-refractivity contribution in [2.75, 3.05) is 9.80 Å². The normalized spacial score (nSPS) is 16.9. The molecule has 14 aromatic carbocycles. The van der Waals surface area contributed by atoms with Crippen LogP contribution in [-0.2, 0) is 0 Å². The van der Waals surface area contributed by atoms with Gasteiger partial charge in [0.05, 0.1) is 28.6 Å². The molecule has 18 aromatic rings. The van der Waals surface area contributed by atoms with E-state index in [1.807, 2.05) is 28.7 Å². The molecular weight excluding hydrogens is 1210 g/mol. The van der Waals surface area contributed by atoms with Gasteiger partial charge < -0.3 is 19.4 Å². The second kappa shape index (κ2) is 21.5.